The van der Waals surface area contributed by atoms with Crippen molar-refractivity contribution in [3.05, 3.63) is 69.6 Å². The van der Waals surface area contributed by atoms with E-state index in [4.69, 9.17) is 23.2 Å². The molecule has 1 aliphatic carbocycles. The van der Waals surface area contributed by atoms with E-state index >= 15 is 0 Å². The van der Waals surface area contributed by atoms with E-state index in [0.717, 1.165) is 5.69 Å². The molecule has 4 nitrogen and oxygen atoms in total. The Kier molecular flexibility index (Phi) is 4.66. The van der Waals surface area contributed by atoms with E-state index in [1.165, 1.54) is 12.1 Å². The highest BCUT2D eigenvalue weighted by molar-refractivity contribution is 6.35. The molecule has 1 aliphatic rings. The number of hydrogen-bond acceptors (Lipinski definition) is 3. The molecule has 3 aromatic rings. The van der Waals surface area contributed by atoms with Gasteiger partial charge in [-0.15, -0.1) is 5.10 Å². The number of carbonyl (C=O) groups is 1. The molecule has 0 unspecified atom stereocenters. The first-order valence-electron chi connectivity index (χ1n) is 8.55. The molecule has 138 valence electrons. The van der Waals surface area contributed by atoms with Crippen LogP contribution in [0, 0.1) is 11.7 Å². The monoisotopic (exact) mass is 403 g/mol. The number of carbonyl (C=O) groups excluding carboxylic acids is 1. The molecule has 0 aliphatic heterocycles. The fraction of sp³-hybridized carbons (Fsp3) is 0.200. The van der Waals surface area contributed by atoms with E-state index in [1.807, 2.05) is 6.92 Å². The molecule has 0 saturated heterocycles. The first-order valence-corrected chi connectivity index (χ1v) is 9.30. The Hall–Kier alpha value is -2.37. The van der Waals surface area contributed by atoms with Crippen molar-refractivity contribution < 1.29 is 9.18 Å². The Labute approximate surface area is 165 Å². The van der Waals surface area contributed by atoms with Crippen molar-refractivity contribution in [1.29, 1.82) is 0 Å². The Balaban J connectivity index is 1.83. The van der Waals surface area contributed by atoms with E-state index in [-0.39, 0.29) is 17.5 Å². The minimum Gasteiger partial charge on any atom is -0.338 e. The molecule has 2 aromatic carbocycles. The molecule has 1 aromatic heterocycles. The van der Waals surface area contributed by atoms with Crippen LogP contribution in [0.15, 0.2) is 42.5 Å². The SMILES string of the molecule is C[C@H]1CC(=O)c2c(Nc3cc(Cl)cc(Cl)c3)nn(-c3ccc(F)cc3)c2C1. The molecule has 0 spiro atoms. The number of anilines is 2. The summed E-state index contributed by atoms with van der Waals surface area (Å²) in [6.45, 7) is 2.03. The number of rotatable bonds is 3. The summed E-state index contributed by atoms with van der Waals surface area (Å²) in [7, 11) is 0. The van der Waals surface area contributed by atoms with Gasteiger partial charge in [0.2, 0.25) is 0 Å². The predicted molar refractivity (Wildman–Crippen MR) is 105 cm³/mol. The molecule has 4 rings (SSSR count). The van der Waals surface area contributed by atoms with E-state index in [0.29, 0.717) is 45.6 Å². The van der Waals surface area contributed by atoms with Crippen LogP contribution in [0.4, 0.5) is 15.9 Å². The summed E-state index contributed by atoms with van der Waals surface area (Å²) < 4.78 is 15.0. The molecule has 0 saturated carbocycles. The van der Waals surface area contributed by atoms with Crippen molar-refractivity contribution in [1.82, 2.24) is 9.78 Å². The van der Waals surface area contributed by atoms with Crippen LogP contribution in [0.5, 0.6) is 0 Å². The third-order valence-electron chi connectivity index (χ3n) is 4.53. The summed E-state index contributed by atoms with van der Waals surface area (Å²) >= 11 is 12.1. The fourth-order valence-electron chi connectivity index (χ4n) is 3.40. The molecule has 0 bridgehead atoms. The number of nitrogens with zero attached hydrogens (tertiary/aromatic N) is 2. The fourth-order valence-corrected chi connectivity index (χ4v) is 3.93. The van der Waals surface area contributed by atoms with Crippen LogP contribution in [0.2, 0.25) is 10.0 Å². The van der Waals surface area contributed by atoms with Crippen molar-refractivity contribution in [2.75, 3.05) is 5.32 Å². The van der Waals surface area contributed by atoms with Crippen LogP contribution in [0.25, 0.3) is 5.69 Å². The zero-order valence-corrected chi connectivity index (χ0v) is 16.0. The van der Waals surface area contributed by atoms with Crippen molar-refractivity contribution in [3.8, 4) is 5.69 Å². The van der Waals surface area contributed by atoms with Crippen molar-refractivity contribution in [3.63, 3.8) is 0 Å². The molecule has 0 radical (unpaired) electrons. The summed E-state index contributed by atoms with van der Waals surface area (Å²) in [5.74, 6) is 0.378. The average Bonchev–Trinajstić information content (AvgIpc) is 2.93. The van der Waals surface area contributed by atoms with Gasteiger partial charge in [0.15, 0.2) is 11.6 Å². The minimum absolute atomic E-state index is 0.0349. The standard InChI is InChI=1S/C20H16Cl2FN3O/c1-11-6-17-19(18(27)7-11)20(24-15-9-12(21)8-13(22)10-15)25-26(17)16-4-2-14(23)3-5-16/h2-5,8-11H,6-7H2,1H3,(H,24,25)/t11-/m1/s1. The lowest BCUT2D eigenvalue weighted by Crippen LogP contribution is -2.19. The number of fused-ring (bicyclic) bond motifs is 1. The normalized spacial score (nSPS) is 16.3. The molecule has 27 heavy (non-hydrogen) atoms. The molecule has 7 heteroatoms. The van der Waals surface area contributed by atoms with Gasteiger partial charge in [-0.3, -0.25) is 4.79 Å². The van der Waals surface area contributed by atoms with Crippen LogP contribution in [0.3, 0.4) is 0 Å². The minimum atomic E-state index is -0.323. The average molecular weight is 404 g/mol. The van der Waals surface area contributed by atoms with Gasteiger partial charge in [0, 0.05) is 22.2 Å². The second-order valence-electron chi connectivity index (χ2n) is 6.78. The van der Waals surface area contributed by atoms with Crippen LogP contribution < -0.4 is 5.32 Å². The van der Waals surface area contributed by atoms with Gasteiger partial charge < -0.3 is 5.32 Å². The Morgan fingerprint density at radius 2 is 1.78 bits per heavy atom. The third kappa shape index (κ3) is 3.57. The maximum Gasteiger partial charge on any atom is 0.168 e. The van der Waals surface area contributed by atoms with Crippen LogP contribution >= 0.6 is 23.2 Å². The number of nitrogens with one attached hydrogen (secondary N) is 1. The maximum absolute atomic E-state index is 13.3. The van der Waals surface area contributed by atoms with Gasteiger partial charge in [-0.05, 0) is 54.8 Å². The van der Waals surface area contributed by atoms with E-state index in [2.05, 4.69) is 10.4 Å². The lowest BCUT2D eigenvalue weighted by molar-refractivity contribution is 0.0953. The Morgan fingerprint density at radius 1 is 1.11 bits per heavy atom. The zero-order valence-electron chi connectivity index (χ0n) is 14.5. The second kappa shape index (κ2) is 6.98. The van der Waals surface area contributed by atoms with E-state index < -0.39 is 0 Å². The van der Waals surface area contributed by atoms with Crippen molar-refractivity contribution in [2.24, 2.45) is 5.92 Å². The summed E-state index contributed by atoms with van der Waals surface area (Å²) in [4.78, 5) is 12.7. The Morgan fingerprint density at radius 3 is 2.44 bits per heavy atom. The topological polar surface area (TPSA) is 46.9 Å². The molecular formula is C20H16Cl2FN3O. The number of benzene rings is 2. The number of Topliss-reactive ketones (excluding diaryl/α,β-unsaturated/α-hetero) is 1. The highest BCUT2D eigenvalue weighted by Crippen LogP contribution is 2.34. The number of ketones is 1. The number of hydrogen-bond donors (Lipinski definition) is 1. The highest BCUT2D eigenvalue weighted by Gasteiger charge is 2.31. The molecule has 0 fully saturated rings. The van der Waals surface area contributed by atoms with Gasteiger partial charge in [0.25, 0.3) is 0 Å². The van der Waals surface area contributed by atoms with Crippen LogP contribution in [-0.2, 0) is 6.42 Å². The molecule has 0 amide bonds. The molecule has 1 atom stereocenters. The lowest BCUT2D eigenvalue weighted by atomic mass is 9.87. The summed E-state index contributed by atoms with van der Waals surface area (Å²) in [6.07, 6.45) is 1.18. The Bertz CT molecular complexity index is 1010. The second-order valence-corrected chi connectivity index (χ2v) is 7.65. The maximum atomic E-state index is 13.3. The summed E-state index contributed by atoms with van der Waals surface area (Å²) in [5.41, 5.74) is 2.73. The zero-order chi connectivity index (χ0) is 19.1. The number of aromatic nitrogens is 2. The first kappa shape index (κ1) is 18.0. The number of halogens is 3. The largest absolute Gasteiger partial charge is 0.338 e. The molecule has 1 heterocycles. The summed E-state index contributed by atoms with van der Waals surface area (Å²) in [6, 6.07) is 11.1. The quantitative estimate of drug-likeness (QED) is 0.598. The van der Waals surface area contributed by atoms with Gasteiger partial charge >= 0.3 is 0 Å². The van der Waals surface area contributed by atoms with Gasteiger partial charge in [0.05, 0.1) is 16.9 Å². The van der Waals surface area contributed by atoms with Crippen molar-refractivity contribution >= 4 is 40.5 Å². The lowest BCUT2D eigenvalue weighted by Gasteiger charge is -2.19. The van der Waals surface area contributed by atoms with E-state index in [9.17, 15) is 9.18 Å². The predicted octanol–water partition coefficient (Wildman–Crippen LogP) is 5.83. The smallest absolute Gasteiger partial charge is 0.168 e. The van der Waals surface area contributed by atoms with Crippen LogP contribution in [0.1, 0.15) is 29.4 Å². The summed E-state index contributed by atoms with van der Waals surface area (Å²) in [5, 5.41) is 8.74. The van der Waals surface area contributed by atoms with E-state index in [1.54, 1.807) is 35.0 Å². The van der Waals surface area contributed by atoms with Gasteiger partial charge in [-0.25, -0.2) is 9.07 Å². The van der Waals surface area contributed by atoms with Crippen LogP contribution in [-0.4, -0.2) is 15.6 Å². The third-order valence-corrected chi connectivity index (χ3v) is 4.97. The van der Waals surface area contributed by atoms with Gasteiger partial charge in [-0.2, -0.15) is 0 Å². The van der Waals surface area contributed by atoms with Gasteiger partial charge in [0.1, 0.15) is 5.82 Å². The molecule has 1 N–H and O–H groups in total. The molecular weight excluding hydrogens is 388 g/mol. The highest BCUT2D eigenvalue weighted by atomic mass is 35.5. The van der Waals surface area contributed by atoms with Gasteiger partial charge in [-0.1, -0.05) is 30.1 Å². The van der Waals surface area contributed by atoms with Crippen molar-refractivity contribution in [2.45, 2.75) is 19.8 Å². The first-order chi connectivity index (χ1) is 12.9.